The number of ether oxygens (including phenoxy) is 1. The molecule has 0 heterocycles. The normalized spacial score (nSPS) is 10.2. The molecule has 0 amide bonds. The SMILES string of the molecule is Nc1ccc(C(=O)OCc2cccc(Cl)c2)cc1Cl. The fraction of sp³-hybridized carbons (Fsp3) is 0.0714. The average molecular weight is 296 g/mol. The van der Waals surface area contributed by atoms with Gasteiger partial charge in [-0.2, -0.15) is 0 Å². The smallest absolute Gasteiger partial charge is 0.338 e. The fourth-order valence-corrected chi connectivity index (χ4v) is 1.91. The van der Waals surface area contributed by atoms with Crippen LogP contribution in [0.2, 0.25) is 10.0 Å². The number of rotatable bonds is 3. The first kappa shape index (κ1) is 13.7. The zero-order valence-electron chi connectivity index (χ0n) is 9.90. The molecule has 2 aromatic carbocycles. The minimum Gasteiger partial charge on any atom is -0.457 e. The molecule has 0 spiro atoms. The number of halogens is 2. The van der Waals surface area contributed by atoms with Gasteiger partial charge < -0.3 is 10.5 Å². The second kappa shape index (κ2) is 5.95. The summed E-state index contributed by atoms with van der Waals surface area (Å²) < 4.78 is 5.17. The molecular weight excluding hydrogens is 285 g/mol. The zero-order chi connectivity index (χ0) is 13.8. The molecule has 2 aromatic rings. The highest BCUT2D eigenvalue weighted by Gasteiger charge is 2.09. The lowest BCUT2D eigenvalue weighted by molar-refractivity contribution is 0.0473. The van der Waals surface area contributed by atoms with Gasteiger partial charge in [0, 0.05) is 5.02 Å². The minimum absolute atomic E-state index is 0.154. The van der Waals surface area contributed by atoms with E-state index in [1.807, 2.05) is 6.07 Å². The van der Waals surface area contributed by atoms with Crippen LogP contribution in [0.25, 0.3) is 0 Å². The van der Waals surface area contributed by atoms with E-state index in [1.165, 1.54) is 6.07 Å². The third-order valence-electron chi connectivity index (χ3n) is 2.50. The molecule has 98 valence electrons. The maximum Gasteiger partial charge on any atom is 0.338 e. The van der Waals surface area contributed by atoms with Gasteiger partial charge in [0.1, 0.15) is 6.61 Å². The number of nitrogens with two attached hydrogens (primary N) is 1. The molecule has 0 fully saturated rings. The number of benzene rings is 2. The maximum atomic E-state index is 11.8. The summed E-state index contributed by atoms with van der Waals surface area (Å²) in [5.74, 6) is -0.457. The number of esters is 1. The largest absolute Gasteiger partial charge is 0.457 e. The van der Waals surface area contributed by atoms with Crippen LogP contribution in [-0.2, 0) is 11.3 Å². The summed E-state index contributed by atoms with van der Waals surface area (Å²) >= 11 is 11.7. The van der Waals surface area contributed by atoms with E-state index in [0.29, 0.717) is 21.3 Å². The van der Waals surface area contributed by atoms with Gasteiger partial charge in [-0.05, 0) is 35.9 Å². The topological polar surface area (TPSA) is 52.3 Å². The Morgan fingerprint density at radius 2 is 1.95 bits per heavy atom. The number of hydrogen-bond donors (Lipinski definition) is 1. The first-order valence-corrected chi connectivity index (χ1v) is 6.28. The van der Waals surface area contributed by atoms with Crippen molar-refractivity contribution in [1.82, 2.24) is 0 Å². The lowest BCUT2D eigenvalue weighted by Gasteiger charge is -2.06. The van der Waals surface area contributed by atoms with Crippen LogP contribution in [0.3, 0.4) is 0 Å². The standard InChI is InChI=1S/C14H11Cl2NO2/c15-11-3-1-2-9(6-11)8-19-14(18)10-4-5-13(17)12(16)7-10/h1-7H,8,17H2. The van der Waals surface area contributed by atoms with E-state index in [2.05, 4.69) is 0 Å². The van der Waals surface area contributed by atoms with E-state index in [-0.39, 0.29) is 6.61 Å². The second-order valence-electron chi connectivity index (χ2n) is 3.94. The molecule has 0 aliphatic carbocycles. The predicted octanol–water partition coefficient (Wildman–Crippen LogP) is 3.93. The van der Waals surface area contributed by atoms with Crippen molar-refractivity contribution >= 4 is 34.9 Å². The van der Waals surface area contributed by atoms with Gasteiger partial charge in [-0.25, -0.2) is 4.79 Å². The Hall–Kier alpha value is -1.71. The van der Waals surface area contributed by atoms with Gasteiger partial charge >= 0.3 is 5.97 Å². The van der Waals surface area contributed by atoms with Gasteiger partial charge in [0.25, 0.3) is 0 Å². The van der Waals surface area contributed by atoms with Crippen LogP contribution in [-0.4, -0.2) is 5.97 Å². The van der Waals surface area contributed by atoms with Crippen molar-refractivity contribution in [3.05, 3.63) is 63.6 Å². The number of hydrogen-bond acceptors (Lipinski definition) is 3. The van der Waals surface area contributed by atoms with Crippen molar-refractivity contribution in [3.63, 3.8) is 0 Å². The molecule has 0 radical (unpaired) electrons. The molecule has 19 heavy (non-hydrogen) atoms. The summed E-state index contributed by atoms with van der Waals surface area (Å²) in [7, 11) is 0. The Kier molecular flexibility index (Phi) is 4.30. The molecule has 0 bridgehead atoms. The Labute approximate surface area is 120 Å². The molecule has 2 N–H and O–H groups in total. The molecule has 0 aromatic heterocycles. The molecule has 0 aliphatic heterocycles. The van der Waals surface area contributed by atoms with Crippen molar-refractivity contribution in [1.29, 1.82) is 0 Å². The van der Waals surface area contributed by atoms with Crippen LogP contribution in [0.1, 0.15) is 15.9 Å². The number of anilines is 1. The van der Waals surface area contributed by atoms with Gasteiger partial charge in [0.15, 0.2) is 0 Å². The second-order valence-corrected chi connectivity index (χ2v) is 4.79. The van der Waals surface area contributed by atoms with Crippen molar-refractivity contribution < 1.29 is 9.53 Å². The van der Waals surface area contributed by atoms with Gasteiger partial charge in [0.05, 0.1) is 16.3 Å². The van der Waals surface area contributed by atoms with E-state index >= 15 is 0 Å². The van der Waals surface area contributed by atoms with Crippen molar-refractivity contribution in [2.24, 2.45) is 0 Å². The van der Waals surface area contributed by atoms with Crippen LogP contribution in [0, 0.1) is 0 Å². The van der Waals surface area contributed by atoms with Crippen LogP contribution in [0.5, 0.6) is 0 Å². The van der Waals surface area contributed by atoms with Crippen molar-refractivity contribution in [2.75, 3.05) is 5.73 Å². The Morgan fingerprint density at radius 3 is 2.63 bits per heavy atom. The van der Waals surface area contributed by atoms with E-state index < -0.39 is 5.97 Å². The van der Waals surface area contributed by atoms with Gasteiger partial charge in [0.2, 0.25) is 0 Å². The van der Waals surface area contributed by atoms with E-state index in [0.717, 1.165) is 5.56 Å². The molecule has 3 nitrogen and oxygen atoms in total. The highest BCUT2D eigenvalue weighted by molar-refractivity contribution is 6.33. The molecule has 5 heteroatoms. The molecule has 0 unspecified atom stereocenters. The molecule has 0 saturated heterocycles. The highest BCUT2D eigenvalue weighted by Crippen LogP contribution is 2.20. The number of carbonyl (C=O) groups excluding carboxylic acids is 1. The van der Waals surface area contributed by atoms with E-state index in [4.69, 9.17) is 33.7 Å². The van der Waals surface area contributed by atoms with Crippen LogP contribution < -0.4 is 5.73 Å². The highest BCUT2D eigenvalue weighted by atomic mass is 35.5. The monoisotopic (exact) mass is 295 g/mol. The quantitative estimate of drug-likeness (QED) is 0.689. The lowest BCUT2D eigenvalue weighted by Crippen LogP contribution is -2.05. The Balaban J connectivity index is 2.03. The number of nitrogen functional groups attached to an aromatic ring is 1. The molecular formula is C14H11Cl2NO2. The lowest BCUT2D eigenvalue weighted by atomic mass is 10.2. The third-order valence-corrected chi connectivity index (χ3v) is 3.06. The number of carbonyl (C=O) groups is 1. The predicted molar refractivity (Wildman–Crippen MR) is 76.4 cm³/mol. The molecule has 0 atom stereocenters. The summed E-state index contributed by atoms with van der Waals surface area (Å²) in [5.41, 5.74) is 7.18. The summed E-state index contributed by atoms with van der Waals surface area (Å²) in [6.45, 7) is 0.154. The first-order chi connectivity index (χ1) is 9.06. The minimum atomic E-state index is -0.457. The van der Waals surface area contributed by atoms with Crippen LogP contribution in [0.4, 0.5) is 5.69 Å². The van der Waals surface area contributed by atoms with E-state index in [1.54, 1.807) is 30.3 Å². The van der Waals surface area contributed by atoms with Gasteiger partial charge in [-0.1, -0.05) is 35.3 Å². The molecule has 0 aliphatic rings. The third kappa shape index (κ3) is 3.63. The average Bonchev–Trinajstić information content (AvgIpc) is 2.39. The van der Waals surface area contributed by atoms with Crippen molar-refractivity contribution in [3.8, 4) is 0 Å². The fourth-order valence-electron chi connectivity index (χ4n) is 1.51. The summed E-state index contributed by atoms with van der Waals surface area (Å²) in [5, 5.41) is 0.932. The Bertz CT molecular complexity index is 614. The summed E-state index contributed by atoms with van der Waals surface area (Å²) in [4.78, 5) is 11.8. The Morgan fingerprint density at radius 1 is 1.16 bits per heavy atom. The summed E-state index contributed by atoms with van der Waals surface area (Å²) in [6, 6.07) is 11.7. The van der Waals surface area contributed by atoms with Crippen LogP contribution in [0.15, 0.2) is 42.5 Å². The van der Waals surface area contributed by atoms with Crippen molar-refractivity contribution in [2.45, 2.75) is 6.61 Å². The van der Waals surface area contributed by atoms with Gasteiger partial charge in [-0.3, -0.25) is 0 Å². The first-order valence-electron chi connectivity index (χ1n) is 5.53. The van der Waals surface area contributed by atoms with E-state index in [9.17, 15) is 4.79 Å². The molecule has 0 saturated carbocycles. The summed E-state index contributed by atoms with van der Waals surface area (Å²) in [6.07, 6.45) is 0. The van der Waals surface area contributed by atoms with Crippen LogP contribution >= 0.6 is 23.2 Å². The zero-order valence-corrected chi connectivity index (χ0v) is 11.4. The molecule has 2 rings (SSSR count). The van der Waals surface area contributed by atoms with Gasteiger partial charge in [-0.15, -0.1) is 0 Å². The maximum absolute atomic E-state index is 11.8.